The zero-order valence-electron chi connectivity index (χ0n) is 11.7. The highest BCUT2D eigenvalue weighted by Crippen LogP contribution is 2.24. The molecule has 0 fully saturated rings. The van der Waals surface area contributed by atoms with Crippen molar-refractivity contribution in [3.63, 3.8) is 0 Å². The Labute approximate surface area is 99.5 Å². The van der Waals surface area contributed by atoms with Crippen LogP contribution in [0, 0.1) is 11.3 Å². The van der Waals surface area contributed by atoms with Crippen LogP contribution < -0.4 is 0 Å². The molecule has 0 bridgehead atoms. The lowest BCUT2D eigenvalue weighted by Gasteiger charge is -2.24. The molecule has 0 heterocycles. The van der Waals surface area contributed by atoms with E-state index in [1.807, 2.05) is 20.8 Å². The van der Waals surface area contributed by atoms with Gasteiger partial charge in [-0.2, -0.15) is 0 Å². The van der Waals surface area contributed by atoms with Gasteiger partial charge in [0.25, 0.3) is 0 Å². The maximum absolute atomic E-state index is 11.3. The Balaban J connectivity index is 3.85. The zero-order chi connectivity index (χ0) is 13.0. The second-order valence-corrected chi connectivity index (χ2v) is 6.65. The first-order chi connectivity index (χ1) is 6.99. The predicted octanol–water partition coefficient (Wildman–Crippen LogP) is 4.01. The number of carbonyl (C=O) groups is 1. The first-order valence-corrected chi connectivity index (χ1v) is 5.85. The summed E-state index contributed by atoms with van der Waals surface area (Å²) in [5, 5.41) is 0. The highest BCUT2D eigenvalue weighted by Gasteiger charge is 2.20. The van der Waals surface area contributed by atoms with E-state index in [0.29, 0.717) is 12.5 Å². The van der Waals surface area contributed by atoms with E-state index in [1.165, 1.54) is 0 Å². The van der Waals surface area contributed by atoms with E-state index in [0.717, 1.165) is 6.42 Å². The van der Waals surface area contributed by atoms with Crippen molar-refractivity contribution in [2.24, 2.45) is 11.3 Å². The molecule has 0 N–H and O–H groups in total. The van der Waals surface area contributed by atoms with Gasteiger partial charge in [0.1, 0.15) is 5.60 Å². The Kier molecular flexibility index (Phi) is 5.30. The summed E-state index contributed by atoms with van der Waals surface area (Å²) >= 11 is 0. The van der Waals surface area contributed by atoms with Crippen molar-refractivity contribution in [1.29, 1.82) is 0 Å². The van der Waals surface area contributed by atoms with Crippen molar-refractivity contribution in [2.75, 3.05) is 6.61 Å². The van der Waals surface area contributed by atoms with Crippen LogP contribution in [0.15, 0.2) is 0 Å². The topological polar surface area (TPSA) is 35.5 Å². The van der Waals surface area contributed by atoms with Gasteiger partial charge >= 0.3 is 6.16 Å². The van der Waals surface area contributed by atoms with Crippen LogP contribution in [-0.2, 0) is 9.47 Å². The molecule has 16 heavy (non-hydrogen) atoms. The van der Waals surface area contributed by atoms with Gasteiger partial charge in [0.2, 0.25) is 0 Å². The van der Waals surface area contributed by atoms with Gasteiger partial charge in [-0.25, -0.2) is 4.79 Å². The van der Waals surface area contributed by atoms with E-state index < -0.39 is 11.8 Å². The van der Waals surface area contributed by atoms with Gasteiger partial charge in [0.15, 0.2) is 0 Å². The van der Waals surface area contributed by atoms with E-state index in [4.69, 9.17) is 9.47 Å². The molecule has 0 saturated carbocycles. The van der Waals surface area contributed by atoms with Gasteiger partial charge in [-0.15, -0.1) is 0 Å². The fourth-order valence-corrected chi connectivity index (χ4v) is 1.59. The van der Waals surface area contributed by atoms with Gasteiger partial charge < -0.3 is 9.47 Å². The van der Waals surface area contributed by atoms with Crippen LogP contribution in [0.3, 0.4) is 0 Å². The molecule has 0 spiro atoms. The molecule has 96 valence electrons. The van der Waals surface area contributed by atoms with Crippen molar-refractivity contribution in [3.8, 4) is 0 Å². The first kappa shape index (κ1) is 15.3. The summed E-state index contributed by atoms with van der Waals surface area (Å²) < 4.78 is 10.1. The molecule has 3 heteroatoms. The quantitative estimate of drug-likeness (QED) is 0.687. The first-order valence-electron chi connectivity index (χ1n) is 5.85. The van der Waals surface area contributed by atoms with E-state index >= 15 is 0 Å². The third-order valence-corrected chi connectivity index (χ3v) is 1.84. The van der Waals surface area contributed by atoms with Gasteiger partial charge in [0, 0.05) is 0 Å². The Bertz CT molecular complexity index is 220. The largest absolute Gasteiger partial charge is 0.508 e. The molecule has 1 atom stereocenters. The predicted molar refractivity (Wildman–Crippen MR) is 65.4 cm³/mol. The molecule has 0 saturated heterocycles. The summed E-state index contributed by atoms with van der Waals surface area (Å²) in [5.74, 6) is 0.354. The minimum atomic E-state index is -0.576. The molecule has 0 aromatic rings. The molecule has 0 unspecified atom stereocenters. The smallest absolute Gasteiger partial charge is 0.434 e. The normalized spacial score (nSPS) is 14.4. The van der Waals surface area contributed by atoms with Crippen LogP contribution in [0.5, 0.6) is 0 Å². The lowest BCUT2D eigenvalue weighted by Crippen LogP contribution is -2.26. The molecule has 0 aliphatic carbocycles. The molecule has 0 amide bonds. The SMILES string of the molecule is C[C@@H](COC(=O)OC(C)(C)C)CC(C)(C)C. The lowest BCUT2D eigenvalue weighted by atomic mass is 9.86. The van der Waals surface area contributed by atoms with E-state index in [9.17, 15) is 4.79 Å². The van der Waals surface area contributed by atoms with Crippen molar-refractivity contribution in [1.82, 2.24) is 0 Å². The number of hydrogen-bond acceptors (Lipinski definition) is 3. The second-order valence-electron chi connectivity index (χ2n) is 6.65. The highest BCUT2D eigenvalue weighted by atomic mass is 16.7. The number of rotatable bonds is 3. The maximum atomic E-state index is 11.3. The molecule has 0 aliphatic rings. The van der Waals surface area contributed by atoms with Crippen molar-refractivity contribution < 1.29 is 14.3 Å². The fraction of sp³-hybridized carbons (Fsp3) is 0.923. The Morgan fingerprint density at radius 3 is 2.00 bits per heavy atom. The fourth-order valence-electron chi connectivity index (χ4n) is 1.59. The molecule has 0 aromatic heterocycles. The van der Waals surface area contributed by atoms with E-state index in [1.54, 1.807) is 0 Å². The third kappa shape index (κ3) is 9.81. The zero-order valence-corrected chi connectivity index (χ0v) is 11.7. The van der Waals surface area contributed by atoms with Gasteiger partial charge in [-0.3, -0.25) is 0 Å². The molecule has 0 aliphatic heterocycles. The maximum Gasteiger partial charge on any atom is 0.508 e. The minimum absolute atomic E-state index is 0.261. The average Bonchev–Trinajstić information content (AvgIpc) is 1.94. The van der Waals surface area contributed by atoms with Crippen LogP contribution in [-0.4, -0.2) is 18.4 Å². The number of hydrogen-bond donors (Lipinski definition) is 0. The van der Waals surface area contributed by atoms with Crippen LogP contribution >= 0.6 is 0 Å². The Hall–Kier alpha value is -0.730. The summed E-state index contributed by atoms with van der Waals surface area (Å²) in [6.45, 7) is 14.5. The monoisotopic (exact) mass is 230 g/mol. The second kappa shape index (κ2) is 5.55. The van der Waals surface area contributed by atoms with E-state index in [2.05, 4.69) is 27.7 Å². The molecule has 0 aromatic carbocycles. The average molecular weight is 230 g/mol. The highest BCUT2D eigenvalue weighted by molar-refractivity contribution is 5.60. The molecule has 0 radical (unpaired) electrons. The molecular weight excluding hydrogens is 204 g/mol. The number of carbonyl (C=O) groups excluding carboxylic acids is 1. The van der Waals surface area contributed by atoms with E-state index in [-0.39, 0.29) is 5.41 Å². The molecule has 3 nitrogen and oxygen atoms in total. The summed E-state index contributed by atoms with van der Waals surface area (Å²) in [6.07, 6.45) is 0.448. The minimum Gasteiger partial charge on any atom is -0.434 e. The lowest BCUT2D eigenvalue weighted by molar-refractivity contribution is -0.0143. The van der Waals surface area contributed by atoms with Crippen LogP contribution in [0.1, 0.15) is 54.9 Å². The summed E-state index contributed by atoms with van der Waals surface area (Å²) in [6, 6.07) is 0. The van der Waals surface area contributed by atoms with Crippen LogP contribution in [0.25, 0.3) is 0 Å². The summed E-state index contributed by atoms with van der Waals surface area (Å²) in [7, 11) is 0. The Morgan fingerprint density at radius 2 is 1.62 bits per heavy atom. The van der Waals surface area contributed by atoms with Crippen molar-refractivity contribution >= 4 is 6.16 Å². The van der Waals surface area contributed by atoms with Gasteiger partial charge in [-0.05, 0) is 38.5 Å². The Morgan fingerprint density at radius 1 is 1.12 bits per heavy atom. The van der Waals surface area contributed by atoms with Crippen LogP contribution in [0.2, 0.25) is 0 Å². The van der Waals surface area contributed by atoms with Gasteiger partial charge in [0.05, 0.1) is 6.61 Å². The van der Waals surface area contributed by atoms with Crippen LogP contribution in [0.4, 0.5) is 4.79 Å². The standard InChI is InChI=1S/C13H26O3/c1-10(8-12(2,3)4)9-15-11(14)16-13(5,6)7/h10H,8-9H2,1-7H3/t10-/m1/s1. The van der Waals surface area contributed by atoms with Gasteiger partial charge in [-0.1, -0.05) is 27.7 Å². The summed E-state index contributed by atoms with van der Waals surface area (Å²) in [4.78, 5) is 11.3. The molecular formula is C13H26O3. The van der Waals surface area contributed by atoms with Crippen molar-refractivity contribution in [3.05, 3.63) is 0 Å². The summed E-state index contributed by atoms with van der Waals surface area (Å²) in [5.41, 5.74) is -0.221. The van der Waals surface area contributed by atoms with Crippen molar-refractivity contribution in [2.45, 2.75) is 60.5 Å². The third-order valence-electron chi connectivity index (χ3n) is 1.84. The molecule has 0 rings (SSSR count). The number of ether oxygens (including phenoxy) is 2.